The third-order valence-electron chi connectivity index (χ3n) is 4.48. The van der Waals surface area contributed by atoms with Crippen LogP contribution in [0.15, 0.2) is 29.4 Å². The normalized spacial score (nSPS) is 16.6. The van der Waals surface area contributed by atoms with E-state index in [0.29, 0.717) is 19.7 Å². The van der Waals surface area contributed by atoms with Crippen LogP contribution in [-0.4, -0.2) is 40.2 Å². The number of piperidine rings is 1. The second kappa shape index (κ2) is 6.28. The van der Waals surface area contributed by atoms with Gasteiger partial charge >= 0.3 is 6.09 Å². The van der Waals surface area contributed by atoms with Gasteiger partial charge in [0.1, 0.15) is 5.82 Å². The number of rotatable bonds is 1. The zero-order chi connectivity index (χ0) is 16.5. The van der Waals surface area contributed by atoms with Crippen LogP contribution >= 0.6 is 11.3 Å². The van der Waals surface area contributed by atoms with Crippen molar-refractivity contribution >= 4 is 35.3 Å². The molecule has 1 saturated heterocycles. The fourth-order valence-corrected chi connectivity index (χ4v) is 4.26. The van der Waals surface area contributed by atoms with Crippen LogP contribution in [-0.2, 0) is 4.74 Å². The molecule has 0 radical (unpaired) electrons. The summed E-state index contributed by atoms with van der Waals surface area (Å²) in [7, 11) is 0. The molecule has 0 aliphatic carbocycles. The molecule has 0 spiro atoms. The number of carbonyl (C=O) groups excluding carboxylic acids is 1. The predicted octanol–water partition coefficient (Wildman–Crippen LogP) is 3.94. The predicted molar refractivity (Wildman–Crippen MR) is 95.6 cm³/mol. The smallest absolute Gasteiger partial charge is 0.409 e. The summed E-state index contributed by atoms with van der Waals surface area (Å²) in [6, 6.07) is 2.15. The number of likely N-dealkylation sites (tertiary alicyclic amines) is 1. The number of imidazole rings is 1. The summed E-state index contributed by atoms with van der Waals surface area (Å²) < 4.78 is 7.19. The van der Waals surface area contributed by atoms with Gasteiger partial charge in [0.15, 0.2) is 0 Å². The molecule has 0 saturated carbocycles. The molecule has 4 heterocycles. The maximum atomic E-state index is 11.9. The Hall–Kier alpha value is -2.34. The van der Waals surface area contributed by atoms with Crippen LogP contribution in [0.2, 0.25) is 0 Å². The van der Waals surface area contributed by atoms with Crippen molar-refractivity contribution in [2.24, 2.45) is 0 Å². The summed E-state index contributed by atoms with van der Waals surface area (Å²) in [5, 5.41) is 2.13. The monoisotopic (exact) mass is 341 g/mol. The van der Waals surface area contributed by atoms with Gasteiger partial charge in [-0.3, -0.25) is 0 Å². The lowest BCUT2D eigenvalue weighted by Gasteiger charge is -2.29. The molecule has 2 aromatic rings. The Morgan fingerprint density at radius 3 is 3.00 bits per heavy atom. The Morgan fingerprint density at radius 1 is 1.38 bits per heavy atom. The molecule has 2 aromatic heterocycles. The van der Waals surface area contributed by atoms with E-state index in [4.69, 9.17) is 4.74 Å². The first-order chi connectivity index (χ1) is 11.8. The first-order valence-corrected chi connectivity index (χ1v) is 9.09. The van der Waals surface area contributed by atoms with Crippen LogP contribution in [0.5, 0.6) is 0 Å². The highest BCUT2D eigenvalue weighted by atomic mass is 32.1. The number of thiophene rings is 1. The number of fused-ring (bicyclic) bond motifs is 2. The molecule has 2 aliphatic heterocycles. The summed E-state index contributed by atoms with van der Waals surface area (Å²) in [5.74, 6) is 0.993. The first-order valence-electron chi connectivity index (χ1n) is 8.21. The minimum atomic E-state index is -0.206. The lowest BCUT2D eigenvalue weighted by Crippen LogP contribution is -2.37. The van der Waals surface area contributed by atoms with Crippen molar-refractivity contribution in [2.75, 3.05) is 19.7 Å². The maximum Gasteiger partial charge on any atom is 0.409 e. The number of amides is 1. The molecule has 124 valence electrons. The van der Waals surface area contributed by atoms with Crippen molar-refractivity contribution in [1.29, 1.82) is 0 Å². The van der Waals surface area contributed by atoms with E-state index in [-0.39, 0.29) is 6.09 Å². The maximum absolute atomic E-state index is 11.9. The zero-order valence-electron chi connectivity index (χ0n) is 13.6. The summed E-state index contributed by atoms with van der Waals surface area (Å²) in [6.07, 6.45) is 9.54. The SMILES string of the molecule is CCOC(=O)N1CCC(=C2c3sccc3C=Cn3ccnc32)CC1. The van der Waals surface area contributed by atoms with Gasteiger partial charge in [-0.2, -0.15) is 0 Å². The third-order valence-corrected chi connectivity index (χ3v) is 5.42. The van der Waals surface area contributed by atoms with Crippen LogP contribution in [0.25, 0.3) is 17.8 Å². The van der Waals surface area contributed by atoms with Crippen molar-refractivity contribution in [2.45, 2.75) is 19.8 Å². The topological polar surface area (TPSA) is 47.4 Å². The van der Waals surface area contributed by atoms with Gasteiger partial charge in [-0.25, -0.2) is 9.78 Å². The number of hydrogen-bond acceptors (Lipinski definition) is 4. The van der Waals surface area contributed by atoms with Crippen LogP contribution in [0, 0.1) is 0 Å². The molecule has 0 aromatic carbocycles. The van der Waals surface area contributed by atoms with E-state index in [0.717, 1.165) is 18.7 Å². The van der Waals surface area contributed by atoms with Gasteiger partial charge in [0.2, 0.25) is 0 Å². The highest BCUT2D eigenvalue weighted by molar-refractivity contribution is 7.11. The minimum Gasteiger partial charge on any atom is -0.450 e. The summed E-state index contributed by atoms with van der Waals surface area (Å²) in [5.41, 5.74) is 3.84. The third kappa shape index (κ3) is 2.57. The summed E-state index contributed by atoms with van der Waals surface area (Å²) >= 11 is 1.75. The Kier molecular flexibility index (Phi) is 3.98. The van der Waals surface area contributed by atoms with Crippen molar-refractivity contribution in [3.63, 3.8) is 0 Å². The van der Waals surface area contributed by atoms with Crippen molar-refractivity contribution in [1.82, 2.24) is 14.5 Å². The largest absolute Gasteiger partial charge is 0.450 e. The molecule has 1 amide bonds. The lowest BCUT2D eigenvalue weighted by atomic mass is 9.95. The molecule has 5 nitrogen and oxygen atoms in total. The Morgan fingerprint density at radius 2 is 2.21 bits per heavy atom. The molecular formula is C18H19N3O2S. The molecule has 0 N–H and O–H groups in total. The van der Waals surface area contributed by atoms with Crippen LogP contribution in [0.1, 0.15) is 36.0 Å². The number of hydrogen-bond donors (Lipinski definition) is 0. The molecule has 4 rings (SSSR count). The highest BCUT2D eigenvalue weighted by Crippen LogP contribution is 2.38. The van der Waals surface area contributed by atoms with Gasteiger partial charge in [-0.1, -0.05) is 5.57 Å². The molecule has 6 heteroatoms. The molecule has 2 aliphatic rings. The number of ether oxygens (including phenoxy) is 1. The Balaban J connectivity index is 1.69. The zero-order valence-corrected chi connectivity index (χ0v) is 14.4. The fourth-order valence-electron chi connectivity index (χ4n) is 3.29. The van der Waals surface area contributed by atoms with Crippen molar-refractivity contribution in [3.05, 3.63) is 45.7 Å². The van der Waals surface area contributed by atoms with Gasteiger partial charge in [0, 0.05) is 42.1 Å². The van der Waals surface area contributed by atoms with E-state index in [9.17, 15) is 4.79 Å². The van der Waals surface area contributed by atoms with E-state index < -0.39 is 0 Å². The molecule has 0 atom stereocenters. The second-order valence-electron chi connectivity index (χ2n) is 5.84. The highest BCUT2D eigenvalue weighted by Gasteiger charge is 2.26. The summed E-state index contributed by atoms with van der Waals surface area (Å²) in [4.78, 5) is 19.6. The van der Waals surface area contributed by atoms with Gasteiger partial charge in [0.25, 0.3) is 0 Å². The minimum absolute atomic E-state index is 0.206. The van der Waals surface area contributed by atoms with E-state index in [1.165, 1.54) is 21.6 Å². The average molecular weight is 341 g/mol. The van der Waals surface area contributed by atoms with E-state index >= 15 is 0 Å². The van der Waals surface area contributed by atoms with Crippen LogP contribution < -0.4 is 0 Å². The van der Waals surface area contributed by atoms with E-state index in [1.807, 2.05) is 19.3 Å². The van der Waals surface area contributed by atoms with Gasteiger partial charge in [-0.05, 0) is 42.9 Å². The summed E-state index contributed by atoms with van der Waals surface area (Å²) in [6.45, 7) is 3.66. The van der Waals surface area contributed by atoms with Gasteiger partial charge in [-0.15, -0.1) is 11.3 Å². The number of aromatic nitrogens is 2. The first kappa shape index (κ1) is 15.2. The van der Waals surface area contributed by atoms with E-state index in [2.05, 4.69) is 33.3 Å². The quantitative estimate of drug-likeness (QED) is 0.673. The molecule has 0 bridgehead atoms. The van der Waals surface area contributed by atoms with Crippen LogP contribution in [0.3, 0.4) is 0 Å². The Bertz CT molecular complexity index is 775. The van der Waals surface area contributed by atoms with Crippen molar-refractivity contribution < 1.29 is 9.53 Å². The lowest BCUT2D eigenvalue weighted by molar-refractivity contribution is 0.104. The van der Waals surface area contributed by atoms with Crippen molar-refractivity contribution in [3.8, 4) is 0 Å². The van der Waals surface area contributed by atoms with Gasteiger partial charge < -0.3 is 14.2 Å². The average Bonchev–Trinajstić information content (AvgIpc) is 3.22. The molecule has 0 unspecified atom stereocenters. The Labute approximate surface area is 144 Å². The second-order valence-corrected chi connectivity index (χ2v) is 6.76. The number of carbonyl (C=O) groups is 1. The van der Waals surface area contributed by atoms with Gasteiger partial charge in [0.05, 0.1) is 6.61 Å². The number of nitrogens with zero attached hydrogens (tertiary/aromatic N) is 3. The molecular weight excluding hydrogens is 322 g/mol. The standard InChI is InChI=1S/C18H19N3O2S/c1-2-23-18(22)21-9-3-13(4-10-21)15-16-14(6-12-24-16)5-8-20-11-7-19-17(15)20/h5-8,11-12H,2-4,9-10H2,1H3. The fraction of sp³-hybridized carbons (Fsp3) is 0.333. The van der Waals surface area contributed by atoms with E-state index in [1.54, 1.807) is 16.2 Å². The molecule has 24 heavy (non-hydrogen) atoms. The molecule has 1 fully saturated rings. The van der Waals surface area contributed by atoms with Crippen LogP contribution in [0.4, 0.5) is 4.79 Å².